The second kappa shape index (κ2) is 14.1. The van der Waals surface area contributed by atoms with E-state index in [1.165, 1.54) is 0 Å². The highest BCUT2D eigenvalue weighted by atomic mass is 35.5. The van der Waals surface area contributed by atoms with Gasteiger partial charge in [0.05, 0.1) is 17.7 Å². The molecule has 1 N–H and O–H groups in total. The molecule has 0 atom stereocenters. The van der Waals surface area contributed by atoms with Gasteiger partial charge >= 0.3 is 0 Å². The van der Waals surface area contributed by atoms with Crippen LogP contribution in [0.1, 0.15) is 59.1 Å². The van der Waals surface area contributed by atoms with Crippen LogP contribution < -0.4 is 0 Å². The zero-order chi connectivity index (χ0) is 33.7. The Kier molecular flexibility index (Phi) is 9.29. The number of aliphatic hydroxyl groups is 1. The molecule has 244 valence electrons. The maximum Gasteiger partial charge on any atom is 0.238 e. The fraction of sp³-hybridized carbons (Fsp3) is 0.195. The molecule has 6 aromatic rings. The van der Waals surface area contributed by atoms with Crippen molar-refractivity contribution in [3.05, 3.63) is 184 Å². The van der Waals surface area contributed by atoms with Crippen molar-refractivity contribution in [3.63, 3.8) is 0 Å². The van der Waals surface area contributed by atoms with Gasteiger partial charge in [0.15, 0.2) is 5.15 Å². The maximum atomic E-state index is 10.1. The van der Waals surface area contributed by atoms with Gasteiger partial charge in [0.1, 0.15) is 5.82 Å². The predicted molar refractivity (Wildman–Crippen MR) is 193 cm³/mol. The van der Waals surface area contributed by atoms with Gasteiger partial charge in [0.25, 0.3) is 0 Å². The first kappa shape index (κ1) is 32.3. The van der Waals surface area contributed by atoms with E-state index in [0.29, 0.717) is 17.4 Å². The molecule has 5 aromatic carbocycles. The normalized spacial score (nSPS) is 13.6. The fourth-order valence-corrected chi connectivity index (χ4v) is 7.46. The standard InChI is InChI=1S/C41H37ClN6O/c1-2-3-23-38-43-39(42)37(29-49)48(38)28-30-24-26-31(27-25-30)35-21-13-14-22-36(35)41(44-46-47-45-41)40(32-15-7-4-8-16-32,33-17-9-5-10-18-33)34-19-11-6-12-20-34/h4-22,24-27,49H,2-3,23,28-29H2,1H3. The highest BCUT2D eigenvalue weighted by molar-refractivity contribution is 6.30. The summed E-state index contributed by atoms with van der Waals surface area (Å²) in [5.41, 5.74) is 5.46. The molecule has 0 fully saturated rings. The second-order valence-electron chi connectivity index (χ2n) is 12.3. The zero-order valence-electron chi connectivity index (χ0n) is 27.3. The van der Waals surface area contributed by atoms with Crippen LogP contribution in [0.5, 0.6) is 0 Å². The number of aromatic nitrogens is 2. The van der Waals surface area contributed by atoms with Gasteiger partial charge < -0.3 is 9.67 Å². The molecule has 0 saturated carbocycles. The van der Waals surface area contributed by atoms with Crippen LogP contribution in [0.4, 0.5) is 0 Å². The van der Waals surface area contributed by atoms with Crippen LogP contribution >= 0.6 is 11.6 Å². The van der Waals surface area contributed by atoms with Gasteiger partial charge in [-0.15, -0.1) is 10.2 Å². The minimum absolute atomic E-state index is 0.166. The lowest BCUT2D eigenvalue weighted by atomic mass is 9.59. The Labute approximate surface area is 291 Å². The van der Waals surface area contributed by atoms with Crippen molar-refractivity contribution in [1.29, 1.82) is 0 Å². The van der Waals surface area contributed by atoms with E-state index in [9.17, 15) is 5.11 Å². The van der Waals surface area contributed by atoms with Gasteiger partial charge in [0.2, 0.25) is 5.66 Å². The summed E-state index contributed by atoms with van der Waals surface area (Å²) in [5, 5.41) is 28.9. The molecule has 0 spiro atoms. The lowest BCUT2D eigenvalue weighted by Crippen LogP contribution is -2.48. The van der Waals surface area contributed by atoms with Crippen molar-refractivity contribution >= 4 is 11.6 Å². The molecule has 7 rings (SSSR count). The summed E-state index contributed by atoms with van der Waals surface area (Å²) in [5.74, 6) is 0.892. The number of aryl methyl sites for hydroxylation is 1. The van der Waals surface area contributed by atoms with E-state index in [1.54, 1.807) is 0 Å². The van der Waals surface area contributed by atoms with Crippen LogP contribution in [0, 0.1) is 0 Å². The molecule has 49 heavy (non-hydrogen) atoms. The van der Waals surface area contributed by atoms with E-state index in [2.05, 4.69) is 132 Å². The minimum atomic E-state index is -1.27. The monoisotopic (exact) mass is 664 g/mol. The first-order valence-electron chi connectivity index (χ1n) is 16.7. The molecule has 0 radical (unpaired) electrons. The number of unbranched alkanes of at least 4 members (excludes halogenated alkanes) is 1. The average Bonchev–Trinajstić information content (AvgIpc) is 3.77. The molecule has 0 saturated heterocycles. The van der Waals surface area contributed by atoms with Crippen molar-refractivity contribution < 1.29 is 5.11 Å². The third-order valence-corrected chi connectivity index (χ3v) is 9.78. The molecule has 8 heteroatoms. The Balaban J connectivity index is 1.39. The molecular weight excluding hydrogens is 628 g/mol. The summed E-state index contributed by atoms with van der Waals surface area (Å²) >= 11 is 6.44. The zero-order valence-corrected chi connectivity index (χ0v) is 28.1. The van der Waals surface area contributed by atoms with E-state index in [4.69, 9.17) is 21.8 Å². The molecule has 2 heterocycles. The lowest BCUT2D eigenvalue weighted by Gasteiger charge is -2.45. The van der Waals surface area contributed by atoms with Gasteiger partial charge in [-0.05, 0) is 50.2 Å². The number of halogens is 1. The Bertz CT molecular complexity index is 1970. The van der Waals surface area contributed by atoms with Crippen molar-refractivity contribution in [2.75, 3.05) is 0 Å². The van der Waals surface area contributed by atoms with Crippen LogP contribution in [0.15, 0.2) is 160 Å². The van der Waals surface area contributed by atoms with E-state index in [-0.39, 0.29) is 6.61 Å². The quantitative estimate of drug-likeness (QED) is 0.132. The summed E-state index contributed by atoms with van der Waals surface area (Å²) < 4.78 is 2.04. The Morgan fingerprint density at radius 1 is 0.694 bits per heavy atom. The second-order valence-corrected chi connectivity index (χ2v) is 12.6. The number of aliphatic hydroxyl groups excluding tert-OH is 1. The SMILES string of the molecule is CCCCc1nc(Cl)c(CO)n1Cc1ccc(-c2ccccc2C2(C(c3ccccc3)(c3ccccc3)c3ccccc3)N=NN=N2)cc1. The summed E-state index contributed by atoms with van der Waals surface area (Å²) in [6.07, 6.45) is 2.85. The average molecular weight is 665 g/mol. The minimum Gasteiger partial charge on any atom is -0.390 e. The number of hydrogen-bond acceptors (Lipinski definition) is 6. The predicted octanol–water partition coefficient (Wildman–Crippen LogP) is 10.1. The van der Waals surface area contributed by atoms with Crippen molar-refractivity contribution in [2.45, 2.75) is 50.4 Å². The molecule has 0 aliphatic carbocycles. The van der Waals surface area contributed by atoms with Crippen molar-refractivity contribution in [1.82, 2.24) is 9.55 Å². The molecule has 0 amide bonds. The maximum absolute atomic E-state index is 10.1. The van der Waals surface area contributed by atoms with Gasteiger partial charge in [-0.2, -0.15) is 0 Å². The third-order valence-electron chi connectivity index (χ3n) is 9.48. The third kappa shape index (κ3) is 5.69. The number of rotatable bonds is 12. The van der Waals surface area contributed by atoms with E-state index >= 15 is 0 Å². The number of nitrogens with zero attached hydrogens (tertiary/aromatic N) is 6. The summed E-state index contributed by atoms with van der Waals surface area (Å²) in [6.45, 7) is 2.54. The van der Waals surface area contributed by atoms with Crippen molar-refractivity contribution in [2.24, 2.45) is 20.7 Å². The fourth-order valence-electron chi connectivity index (χ4n) is 7.20. The first-order chi connectivity index (χ1) is 24.1. The van der Waals surface area contributed by atoms with E-state index in [0.717, 1.165) is 64.0 Å². The van der Waals surface area contributed by atoms with Gasteiger partial charge in [-0.25, -0.2) is 4.98 Å². The smallest absolute Gasteiger partial charge is 0.238 e. The summed E-state index contributed by atoms with van der Waals surface area (Å²) in [6, 6.07) is 48.0. The Morgan fingerprint density at radius 3 is 1.76 bits per heavy atom. The number of benzene rings is 5. The number of hydrogen-bond donors (Lipinski definition) is 1. The first-order valence-corrected chi connectivity index (χ1v) is 17.0. The lowest BCUT2D eigenvalue weighted by molar-refractivity contribution is 0.271. The van der Waals surface area contributed by atoms with Crippen LogP contribution in [-0.4, -0.2) is 14.7 Å². The molecule has 1 aliphatic heterocycles. The highest BCUT2D eigenvalue weighted by Crippen LogP contribution is 2.58. The van der Waals surface area contributed by atoms with Crippen LogP contribution in [0.2, 0.25) is 5.15 Å². The van der Waals surface area contributed by atoms with Crippen molar-refractivity contribution in [3.8, 4) is 11.1 Å². The van der Waals surface area contributed by atoms with Gasteiger partial charge in [-0.1, -0.05) is 164 Å². The molecule has 0 unspecified atom stereocenters. The molecule has 7 nitrogen and oxygen atoms in total. The molecule has 1 aromatic heterocycles. The summed E-state index contributed by atoms with van der Waals surface area (Å²) in [7, 11) is 0. The van der Waals surface area contributed by atoms with Crippen LogP contribution in [0.3, 0.4) is 0 Å². The van der Waals surface area contributed by atoms with Crippen LogP contribution in [-0.2, 0) is 30.7 Å². The largest absolute Gasteiger partial charge is 0.390 e. The van der Waals surface area contributed by atoms with E-state index < -0.39 is 11.1 Å². The number of imidazole rings is 1. The highest BCUT2D eigenvalue weighted by Gasteiger charge is 2.60. The Morgan fingerprint density at radius 2 is 1.22 bits per heavy atom. The molecule has 1 aliphatic rings. The van der Waals surface area contributed by atoms with E-state index in [1.807, 2.05) is 34.9 Å². The molecular formula is C41H37ClN6O. The van der Waals surface area contributed by atoms with Crippen LogP contribution in [0.25, 0.3) is 11.1 Å². The van der Waals surface area contributed by atoms with Gasteiger partial charge in [0, 0.05) is 18.5 Å². The topological polar surface area (TPSA) is 87.5 Å². The summed E-state index contributed by atoms with van der Waals surface area (Å²) in [4.78, 5) is 4.57. The van der Waals surface area contributed by atoms with Gasteiger partial charge in [-0.3, -0.25) is 0 Å². The molecule has 0 bridgehead atoms. The Hall–Kier alpha value is -5.24.